The van der Waals surface area contributed by atoms with Crippen LogP contribution in [-0.2, 0) is 0 Å². The van der Waals surface area contributed by atoms with E-state index in [4.69, 9.17) is 14.2 Å². The number of methoxy groups -OCH3 is 3. The Balaban J connectivity index is 2.54. The van der Waals surface area contributed by atoms with Gasteiger partial charge in [0.05, 0.1) is 21.3 Å². The van der Waals surface area contributed by atoms with Crippen molar-refractivity contribution in [2.24, 2.45) is 0 Å². The molecule has 1 N–H and O–H groups in total. The lowest BCUT2D eigenvalue weighted by atomic mass is 10.00. The average molecular weight is 274 g/mol. The van der Waals surface area contributed by atoms with Gasteiger partial charge in [0, 0.05) is 11.6 Å². The molecule has 1 unspecified atom stereocenters. The number of ether oxygens (including phenoxy) is 3. The molecule has 4 heteroatoms. The summed E-state index contributed by atoms with van der Waals surface area (Å²) in [6.45, 7) is 0. The number of aliphatic hydroxyl groups excluding tert-OH is 1. The molecule has 0 saturated carbocycles. The Morgan fingerprint density at radius 2 is 1.60 bits per heavy atom. The fraction of sp³-hybridized carbons (Fsp3) is 0.250. The summed E-state index contributed by atoms with van der Waals surface area (Å²) in [6, 6.07) is 12.8. The van der Waals surface area contributed by atoms with Crippen molar-refractivity contribution in [2.45, 2.75) is 6.10 Å². The Kier molecular flexibility index (Phi) is 4.48. The molecule has 4 nitrogen and oxygen atoms in total. The highest BCUT2D eigenvalue weighted by Gasteiger charge is 2.20. The molecule has 2 aromatic rings. The predicted octanol–water partition coefficient (Wildman–Crippen LogP) is 2.79. The number of aliphatic hydroxyl groups is 1. The van der Waals surface area contributed by atoms with Gasteiger partial charge in [-0.15, -0.1) is 0 Å². The van der Waals surface area contributed by atoms with Crippen molar-refractivity contribution in [3.63, 3.8) is 0 Å². The lowest BCUT2D eigenvalue weighted by Gasteiger charge is -2.18. The number of hydrogen-bond acceptors (Lipinski definition) is 4. The SMILES string of the molecule is COc1cc(OC)c(OC)c(C(O)c2ccccc2)c1. The zero-order valence-corrected chi connectivity index (χ0v) is 11.8. The van der Waals surface area contributed by atoms with Gasteiger partial charge in [0.25, 0.3) is 0 Å². The van der Waals surface area contributed by atoms with Crippen LogP contribution in [0, 0.1) is 0 Å². The van der Waals surface area contributed by atoms with E-state index in [9.17, 15) is 5.11 Å². The van der Waals surface area contributed by atoms with Crippen LogP contribution in [0.1, 0.15) is 17.2 Å². The highest BCUT2D eigenvalue weighted by Crippen LogP contribution is 2.40. The highest BCUT2D eigenvalue weighted by molar-refractivity contribution is 5.54. The quantitative estimate of drug-likeness (QED) is 0.910. The van der Waals surface area contributed by atoms with Crippen LogP contribution in [0.25, 0.3) is 0 Å². The van der Waals surface area contributed by atoms with Crippen LogP contribution in [0.15, 0.2) is 42.5 Å². The minimum absolute atomic E-state index is 0.504. The van der Waals surface area contributed by atoms with Gasteiger partial charge in [-0.2, -0.15) is 0 Å². The van der Waals surface area contributed by atoms with E-state index >= 15 is 0 Å². The Bertz CT molecular complexity index is 566. The molecule has 0 heterocycles. The smallest absolute Gasteiger partial charge is 0.167 e. The van der Waals surface area contributed by atoms with Crippen LogP contribution >= 0.6 is 0 Å². The van der Waals surface area contributed by atoms with Gasteiger partial charge in [-0.05, 0) is 11.6 Å². The fourth-order valence-corrected chi connectivity index (χ4v) is 2.10. The lowest BCUT2D eigenvalue weighted by Crippen LogP contribution is -2.04. The van der Waals surface area contributed by atoms with E-state index in [0.29, 0.717) is 22.8 Å². The van der Waals surface area contributed by atoms with Crippen LogP contribution in [0.2, 0.25) is 0 Å². The Morgan fingerprint density at radius 3 is 2.15 bits per heavy atom. The zero-order valence-electron chi connectivity index (χ0n) is 11.8. The van der Waals surface area contributed by atoms with Crippen molar-refractivity contribution in [3.05, 3.63) is 53.6 Å². The summed E-state index contributed by atoms with van der Waals surface area (Å²) >= 11 is 0. The van der Waals surface area contributed by atoms with Crippen molar-refractivity contribution < 1.29 is 19.3 Å². The van der Waals surface area contributed by atoms with E-state index in [-0.39, 0.29) is 0 Å². The van der Waals surface area contributed by atoms with E-state index in [1.165, 1.54) is 0 Å². The molecule has 0 radical (unpaired) electrons. The molecule has 106 valence electrons. The average Bonchev–Trinajstić information content (AvgIpc) is 2.53. The van der Waals surface area contributed by atoms with Gasteiger partial charge in [-0.3, -0.25) is 0 Å². The molecule has 20 heavy (non-hydrogen) atoms. The first-order valence-electron chi connectivity index (χ1n) is 6.24. The van der Waals surface area contributed by atoms with Crippen LogP contribution in [0.5, 0.6) is 17.2 Å². The van der Waals surface area contributed by atoms with Gasteiger partial charge in [-0.25, -0.2) is 0 Å². The molecular weight excluding hydrogens is 256 g/mol. The maximum absolute atomic E-state index is 10.6. The summed E-state index contributed by atoms with van der Waals surface area (Å²) in [5.74, 6) is 1.63. The molecule has 0 amide bonds. The van der Waals surface area contributed by atoms with Crippen molar-refractivity contribution in [1.29, 1.82) is 0 Å². The van der Waals surface area contributed by atoms with Gasteiger partial charge in [0.2, 0.25) is 0 Å². The molecule has 2 rings (SSSR count). The summed E-state index contributed by atoms with van der Waals surface area (Å²) in [6.07, 6.45) is -0.810. The van der Waals surface area contributed by atoms with E-state index in [0.717, 1.165) is 5.56 Å². The molecule has 0 saturated heterocycles. The van der Waals surface area contributed by atoms with Crippen LogP contribution in [0.3, 0.4) is 0 Å². The predicted molar refractivity (Wildman–Crippen MR) is 76.6 cm³/mol. The highest BCUT2D eigenvalue weighted by atomic mass is 16.5. The molecule has 0 aromatic heterocycles. The van der Waals surface area contributed by atoms with Crippen molar-refractivity contribution in [1.82, 2.24) is 0 Å². The van der Waals surface area contributed by atoms with Gasteiger partial charge in [0.15, 0.2) is 11.5 Å². The summed E-state index contributed by atoms with van der Waals surface area (Å²) in [7, 11) is 4.67. The third-order valence-electron chi connectivity index (χ3n) is 3.13. The van der Waals surface area contributed by atoms with Crippen molar-refractivity contribution >= 4 is 0 Å². The molecular formula is C16H18O4. The molecule has 0 bridgehead atoms. The molecule has 1 atom stereocenters. The summed E-state index contributed by atoms with van der Waals surface area (Å²) in [4.78, 5) is 0. The van der Waals surface area contributed by atoms with E-state index in [2.05, 4.69) is 0 Å². The molecule has 0 fully saturated rings. The normalized spacial score (nSPS) is 11.8. The van der Waals surface area contributed by atoms with E-state index in [1.807, 2.05) is 30.3 Å². The summed E-state index contributed by atoms with van der Waals surface area (Å²) in [5, 5.41) is 10.6. The first-order chi connectivity index (χ1) is 9.71. The maximum Gasteiger partial charge on any atom is 0.167 e. The molecule has 0 spiro atoms. The summed E-state index contributed by atoms with van der Waals surface area (Å²) < 4.78 is 15.9. The van der Waals surface area contributed by atoms with E-state index in [1.54, 1.807) is 33.5 Å². The Labute approximate surface area is 118 Å². The lowest BCUT2D eigenvalue weighted by molar-refractivity contribution is 0.212. The minimum atomic E-state index is -0.810. The second kappa shape index (κ2) is 6.30. The molecule has 0 aliphatic heterocycles. The van der Waals surface area contributed by atoms with Crippen LogP contribution in [-0.4, -0.2) is 26.4 Å². The van der Waals surface area contributed by atoms with Gasteiger partial charge in [0.1, 0.15) is 11.9 Å². The molecule has 2 aromatic carbocycles. The third-order valence-corrected chi connectivity index (χ3v) is 3.13. The third kappa shape index (κ3) is 2.70. The minimum Gasteiger partial charge on any atom is -0.497 e. The van der Waals surface area contributed by atoms with Crippen molar-refractivity contribution in [3.8, 4) is 17.2 Å². The maximum atomic E-state index is 10.6. The summed E-state index contributed by atoms with van der Waals surface area (Å²) in [5.41, 5.74) is 1.39. The monoisotopic (exact) mass is 274 g/mol. The number of benzene rings is 2. The molecule has 0 aliphatic carbocycles. The Morgan fingerprint density at radius 1 is 0.900 bits per heavy atom. The van der Waals surface area contributed by atoms with E-state index < -0.39 is 6.10 Å². The van der Waals surface area contributed by atoms with Gasteiger partial charge in [-0.1, -0.05) is 30.3 Å². The largest absolute Gasteiger partial charge is 0.497 e. The number of rotatable bonds is 5. The zero-order chi connectivity index (χ0) is 14.5. The van der Waals surface area contributed by atoms with Crippen LogP contribution in [0.4, 0.5) is 0 Å². The first-order valence-corrected chi connectivity index (χ1v) is 6.24. The second-order valence-corrected chi connectivity index (χ2v) is 4.27. The topological polar surface area (TPSA) is 47.9 Å². The second-order valence-electron chi connectivity index (χ2n) is 4.27. The first kappa shape index (κ1) is 14.2. The number of hydrogen-bond donors (Lipinski definition) is 1. The van der Waals surface area contributed by atoms with Gasteiger partial charge < -0.3 is 19.3 Å². The Hall–Kier alpha value is -2.20. The fourth-order valence-electron chi connectivity index (χ4n) is 2.10. The molecule has 0 aliphatic rings. The standard InChI is InChI=1S/C16H18O4/c1-18-12-9-13(16(20-3)14(10-12)19-2)15(17)11-7-5-4-6-8-11/h4-10,15,17H,1-3H3. The van der Waals surface area contributed by atoms with Gasteiger partial charge >= 0.3 is 0 Å². The van der Waals surface area contributed by atoms with Crippen LogP contribution < -0.4 is 14.2 Å². The van der Waals surface area contributed by atoms with Crippen molar-refractivity contribution in [2.75, 3.05) is 21.3 Å².